The fourth-order valence-corrected chi connectivity index (χ4v) is 4.26. The molecule has 2 N–H and O–H groups in total. The number of para-hydroxylation sites is 1. The van der Waals surface area contributed by atoms with E-state index in [0.717, 1.165) is 27.4 Å². The van der Waals surface area contributed by atoms with Gasteiger partial charge in [0.05, 0.1) is 16.8 Å². The number of ether oxygens (including phenoxy) is 1. The lowest BCUT2D eigenvalue weighted by Gasteiger charge is -2.11. The molecule has 33 heavy (non-hydrogen) atoms. The van der Waals surface area contributed by atoms with Crippen molar-refractivity contribution >= 4 is 44.8 Å². The van der Waals surface area contributed by atoms with Crippen molar-refractivity contribution in [1.29, 1.82) is 0 Å². The Kier molecular flexibility index (Phi) is 7.32. The minimum Gasteiger partial charge on any atom is -0.493 e. The molecule has 0 unspecified atom stereocenters. The maximum Gasteiger partial charge on any atom is 0.257 e. The molecular weight excluding hydrogens is 450 g/mol. The van der Waals surface area contributed by atoms with Gasteiger partial charge in [-0.05, 0) is 60.1 Å². The first-order valence-electron chi connectivity index (χ1n) is 10.7. The monoisotopic (exact) mass is 475 g/mol. The quantitative estimate of drug-likeness (QED) is 0.331. The third kappa shape index (κ3) is 6.15. The van der Waals surface area contributed by atoms with E-state index in [-0.39, 0.29) is 11.0 Å². The van der Waals surface area contributed by atoms with Crippen LogP contribution in [0.1, 0.15) is 29.8 Å². The summed E-state index contributed by atoms with van der Waals surface area (Å²) in [6.07, 6.45) is 0. The van der Waals surface area contributed by atoms with Crippen LogP contribution in [0.5, 0.6) is 5.75 Å². The molecule has 0 aliphatic carbocycles. The summed E-state index contributed by atoms with van der Waals surface area (Å²) in [5, 5.41) is 7.09. The fraction of sp³-hybridized carbons (Fsp3) is 0.192. The predicted molar refractivity (Wildman–Crippen MR) is 139 cm³/mol. The van der Waals surface area contributed by atoms with Gasteiger partial charge in [-0.25, -0.2) is 4.98 Å². The van der Waals surface area contributed by atoms with Crippen LogP contribution in [-0.2, 0) is 6.54 Å². The van der Waals surface area contributed by atoms with Crippen molar-refractivity contribution in [2.45, 2.75) is 20.4 Å². The number of carbonyl (C=O) groups is 1. The number of carbonyl (C=O) groups excluding carboxylic acids is 1. The van der Waals surface area contributed by atoms with Crippen molar-refractivity contribution in [1.82, 2.24) is 15.6 Å². The summed E-state index contributed by atoms with van der Waals surface area (Å²) >= 11 is 6.97. The number of fused-ring (bicyclic) bond motifs is 1. The first-order valence-corrected chi connectivity index (χ1v) is 12.0. The van der Waals surface area contributed by atoms with E-state index < -0.39 is 0 Å². The van der Waals surface area contributed by atoms with Gasteiger partial charge in [-0.1, -0.05) is 50.2 Å². The van der Waals surface area contributed by atoms with Crippen molar-refractivity contribution in [2.24, 2.45) is 5.92 Å². The summed E-state index contributed by atoms with van der Waals surface area (Å²) in [7, 11) is 0. The first-order chi connectivity index (χ1) is 16.0. The van der Waals surface area contributed by atoms with Crippen molar-refractivity contribution < 1.29 is 9.53 Å². The Morgan fingerprint density at radius 2 is 1.76 bits per heavy atom. The molecule has 0 radical (unpaired) electrons. The predicted octanol–water partition coefficient (Wildman–Crippen LogP) is 5.80. The second kappa shape index (κ2) is 10.6. The largest absolute Gasteiger partial charge is 0.493 e. The average Bonchev–Trinajstić information content (AvgIpc) is 3.26. The number of amides is 1. The molecule has 0 saturated heterocycles. The number of nitrogens with zero attached hydrogens (tertiary/aromatic N) is 1. The SMILES string of the molecule is CC(C)COc1ccc(C(=O)NC(=S)NCc2ccc(-c3nc4ccccc4s3)cc2)cc1. The van der Waals surface area contributed by atoms with Gasteiger partial charge in [0.1, 0.15) is 10.8 Å². The van der Waals surface area contributed by atoms with Gasteiger partial charge < -0.3 is 10.1 Å². The summed E-state index contributed by atoms with van der Waals surface area (Å²) in [6, 6.07) is 23.4. The Balaban J connectivity index is 1.28. The van der Waals surface area contributed by atoms with Gasteiger partial charge in [0, 0.05) is 17.7 Å². The average molecular weight is 476 g/mol. The number of aromatic nitrogens is 1. The number of thiocarbonyl (C=S) groups is 1. The summed E-state index contributed by atoms with van der Waals surface area (Å²) < 4.78 is 6.83. The Morgan fingerprint density at radius 1 is 1.03 bits per heavy atom. The fourth-order valence-electron chi connectivity index (χ4n) is 3.13. The Labute approximate surface area is 202 Å². The van der Waals surface area contributed by atoms with E-state index in [1.807, 2.05) is 30.3 Å². The Morgan fingerprint density at radius 3 is 2.45 bits per heavy atom. The molecule has 7 heteroatoms. The second-order valence-electron chi connectivity index (χ2n) is 8.05. The van der Waals surface area contributed by atoms with Crippen molar-refractivity contribution in [3.8, 4) is 16.3 Å². The van der Waals surface area contributed by atoms with Crippen LogP contribution in [0.4, 0.5) is 0 Å². The minimum atomic E-state index is -0.255. The first kappa shape index (κ1) is 22.9. The zero-order valence-corrected chi connectivity index (χ0v) is 20.1. The highest BCUT2D eigenvalue weighted by Crippen LogP contribution is 2.30. The van der Waals surface area contributed by atoms with E-state index in [4.69, 9.17) is 21.9 Å². The smallest absolute Gasteiger partial charge is 0.257 e. The number of rotatable bonds is 7. The molecule has 0 aliphatic rings. The molecule has 0 aliphatic heterocycles. The lowest BCUT2D eigenvalue weighted by Crippen LogP contribution is -2.38. The van der Waals surface area contributed by atoms with Gasteiger partial charge in [-0.15, -0.1) is 11.3 Å². The van der Waals surface area contributed by atoms with Crippen LogP contribution in [0.25, 0.3) is 20.8 Å². The molecule has 3 aromatic carbocycles. The highest BCUT2D eigenvalue weighted by atomic mass is 32.1. The van der Waals surface area contributed by atoms with Crippen LogP contribution in [0, 0.1) is 5.92 Å². The lowest BCUT2D eigenvalue weighted by atomic mass is 10.1. The normalized spacial score (nSPS) is 10.9. The van der Waals surface area contributed by atoms with Crippen LogP contribution in [-0.4, -0.2) is 22.6 Å². The molecular formula is C26H25N3O2S2. The van der Waals surface area contributed by atoms with E-state index in [2.05, 4.69) is 42.7 Å². The molecule has 1 heterocycles. The third-order valence-electron chi connectivity index (χ3n) is 4.87. The van der Waals surface area contributed by atoms with Crippen LogP contribution < -0.4 is 15.4 Å². The van der Waals surface area contributed by atoms with Crippen molar-refractivity contribution in [3.63, 3.8) is 0 Å². The zero-order chi connectivity index (χ0) is 23.2. The Bertz CT molecular complexity index is 1220. The standard InChI is InChI=1S/C26H25N3O2S2/c1-17(2)16-31-21-13-11-19(12-14-21)24(30)29-26(32)27-15-18-7-9-20(10-8-18)25-28-22-5-3-4-6-23(22)33-25/h3-14,17H,15-16H2,1-2H3,(H2,27,29,30,32). The number of nitrogens with one attached hydrogen (secondary N) is 2. The van der Waals surface area contributed by atoms with Gasteiger partial charge in [-0.3, -0.25) is 10.1 Å². The van der Waals surface area contributed by atoms with Crippen LogP contribution in [0.15, 0.2) is 72.8 Å². The van der Waals surface area contributed by atoms with Gasteiger partial charge in [-0.2, -0.15) is 0 Å². The lowest BCUT2D eigenvalue weighted by molar-refractivity contribution is 0.0976. The number of hydrogen-bond acceptors (Lipinski definition) is 5. The van der Waals surface area contributed by atoms with Gasteiger partial charge >= 0.3 is 0 Å². The van der Waals surface area contributed by atoms with E-state index in [9.17, 15) is 4.79 Å². The van der Waals surface area contributed by atoms with Crippen LogP contribution in [0.2, 0.25) is 0 Å². The minimum absolute atomic E-state index is 0.255. The molecule has 168 valence electrons. The zero-order valence-electron chi connectivity index (χ0n) is 18.5. The third-order valence-corrected chi connectivity index (χ3v) is 6.21. The van der Waals surface area contributed by atoms with Crippen molar-refractivity contribution in [3.05, 3.63) is 83.9 Å². The van der Waals surface area contributed by atoms with Crippen LogP contribution >= 0.6 is 23.6 Å². The van der Waals surface area contributed by atoms with Crippen molar-refractivity contribution in [2.75, 3.05) is 6.61 Å². The number of benzene rings is 3. The summed E-state index contributed by atoms with van der Waals surface area (Å²) in [4.78, 5) is 17.1. The molecule has 0 fully saturated rings. The molecule has 0 saturated carbocycles. The topological polar surface area (TPSA) is 63.2 Å². The number of hydrogen-bond donors (Lipinski definition) is 2. The maximum atomic E-state index is 12.4. The van der Waals surface area contributed by atoms with Gasteiger partial charge in [0.2, 0.25) is 0 Å². The molecule has 0 atom stereocenters. The molecule has 0 spiro atoms. The highest BCUT2D eigenvalue weighted by Gasteiger charge is 2.09. The highest BCUT2D eigenvalue weighted by molar-refractivity contribution is 7.80. The molecule has 0 bridgehead atoms. The van der Waals surface area contributed by atoms with E-state index in [0.29, 0.717) is 24.6 Å². The summed E-state index contributed by atoms with van der Waals surface area (Å²) in [5.41, 5.74) is 3.68. The van der Waals surface area contributed by atoms with Gasteiger partial charge in [0.15, 0.2) is 5.11 Å². The molecule has 1 amide bonds. The summed E-state index contributed by atoms with van der Waals surface area (Å²) in [6.45, 7) is 5.34. The molecule has 5 nitrogen and oxygen atoms in total. The van der Waals surface area contributed by atoms with E-state index >= 15 is 0 Å². The number of thiazole rings is 1. The molecule has 1 aromatic heterocycles. The van der Waals surface area contributed by atoms with Crippen LogP contribution in [0.3, 0.4) is 0 Å². The van der Waals surface area contributed by atoms with Gasteiger partial charge in [0.25, 0.3) is 5.91 Å². The second-order valence-corrected chi connectivity index (χ2v) is 9.49. The molecule has 4 rings (SSSR count). The van der Waals surface area contributed by atoms with E-state index in [1.54, 1.807) is 35.6 Å². The Hall–Kier alpha value is -3.29. The van der Waals surface area contributed by atoms with E-state index in [1.165, 1.54) is 4.70 Å². The maximum absolute atomic E-state index is 12.4. The molecule has 4 aromatic rings. The summed E-state index contributed by atoms with van der Waals surface area (Å²) in [5.74, 6) is 0.935.